The van der Waals surface area contributed by atoms with E-state index in [1.165, 1.54) is 11.3 Å². The number of hydrogen-bond donors (Lipinski definition) is 2. The van der Waals surface area contributed by atoms with Gasteiger partial charge in [-0.2, -0.15) is 0 Å². The van der Waals surface area contributed by atoms with Crippen LogP contribution in [0.4, 0.5) is 5.13 Å². The van der Waals surface area contributed by atoms with Crippen LogP contribution in [-0.2, 0) is 9.53 Å². The van der Waals surface area contributed by atoms with E-state index in [0.29, 0.717) is 13.2 Å². The molecule has 1 aromatic rings. The number of carbonyl (C=O) groups is 1. The fourth-order valence-corrected chi connectivity index (χ4v) is 1.63. The third kappa shape index (κ3) is 4.75. The zero-order valence-corrected chi connectivity index (χ0v) is 9.69. The van der Waals surface area contributed by atoms with Gasteiger partial charge in [0.25, 0.3) is 0 Å². The van der Waals surface area contributed by atoms with E-state index in [4.69, 9.17) is 4.74 Å². The third-order valence-corrected chi connectivity index (χ3v) is 2.57. The fourth-order valence-electron chi connectivity index (χ4n) is 0.946. The standard InChI is InChI=1S/C9H15N3O2S/c1-7-6-15-9(12-7)11-5-8(13)10-3-4-14-2/h6H,3-5H2,1-2H3,(H,10,13)(H,11,12). The molecule has 1 heterocycles. The molecular formula is C9H15N3O2S. The lowest BCUT2D eigenvalue weighted by Crippen LogP contribution is -2.32. The number of carbonyl (C=O) groups excluding carboxylic acids is 1. The molecule has 84 valence electrons. The quantitative estimate of drug-likeness (QED) is 0.702. The molecule has 5 nitrogen and oxygen atoms in total. The van der Waals surface area contributed by atoms with Gasteiger partial charge in [-0.3, -0.25) is 4.79 Å². The molecule has 0 aliphatic heterocycles. The summed E-state index contributed by atoms with van der Waals surface area (Å²) in [7, 11) is 1.60. The highest BCUT2D eigenvalue weighted by Crippen LogP contribution is 2.13. The SMILES string of the molecule is COCCNC(=O)CNc1nc(C)cs1. The number of nitrogens with one attached hydrogen (secondary N) is 2. The summed E-state index contributed by atoms with van der Waals surface area (Å²) >= 11 is 1.49. The van der Waals surface area contributed by atoms with Gasteiger partial charge in [-0.1, -0.05) is 0 Å². The summed E-state index contributed by atoms with van der Waals surface area (Å²) in [5.41, 5.74) is 0.960. The van der Waals surface area contributed by atoms with Crippen molar-refractivity contribution in [2.24, 2.45) is 0 Å². The summed E-state index contributed by atoms with van der Waals surface area (Å²) < 4.78 is 4.81. The minimum Gasteiger partial charge on any atom is -0.383 e. The van der Waals surface area contributed by atoms with Crippen LogP contribution in [0.15, 0.2) is 5.38 Å². The number of methoxy groups -OCH3 is 1. The van der Waals surface area contributed by atoms with Gasteiger partial charge < -0.3 is 15.4 Å². The number of aromatic nitrogens is 1. The van der Waals surface area contributed by atoms with Crippen LogP contribution in [0.25, 0.3) is 0 Å². The van der Waals surface area contributed by atoms with E-state index < -0.39 is 0 Å². The molecule has 0 unspecified atom stereocenters. The van der Waals surface area contributed by atoms with Crippen molar-refractivity contribution in [2.75, 3.05) is 32.1 Å². The lowest BCUT2D eigenvalue weighted by molar-refractivity contribution is -0.119. The van der Waals surface area contributed by atoms with Crippen molar-refractivity contribution < 1.29 is 9.53 Å². The normalized spacial score (nSPS) is 10.0. The second kappa shape index (κ2) is 6.36. The number of hydrogen-bond acceptors (Lipinski definition) is 5. The molecule has 0 aliphatic carbocycles. The largest absolute Gasteiger partial charge is 0.383 e. The maximum Gasteiger partial charge on any atom is 0.239 e. The van der Waals surface area contributed by atoms with E-state index in [1.807, 2.05) is 12.3 Å². The van der Waals surface area contributed by atoms with Crippen LogP contribution in [-0.4, -0.2) is 37.7 Å². The first-order valence-electron chi connectivity index (χ1n) is 4.64. The molecule has 1 amide bonds. The highest BCUT2D eigenvalue weighted by Gasteiger charge is 2.02. The molecule has 0 bridgehead atoms. The van der Waals surface area contributed by atoms with Crippen molar-refractivity contribution in [3.63, 3.8) is 0 Å². The zero-order chi connectivity index (χ0) is 11.1. The first kappa shape index (κ1) is 11.9. The monoisotopic (exact) mass is 229 g/mol. The molecule has 1 rings (SSSR count). The third-order valence-electron chi connectivity index (χ3n) is 1.65. The van der Waals surface area contributed by atoms with Crippen LogP contribution in [0.5, 0.6) is 0 Å². The van der Waals surface area contributed by atoms with Gasteiger partial charge in [0.05, 0.1) is 18.8 Å². The summed E-state index contributed by atoms with van der Waals surface area (Å²) in [6.07, 6.45) is 0. The molecule has 1 aromatic heterocycles. The number of thiazole rings is 1. The van der Waals surface area contributed by atoms with Crippen molar-refractivity contribution in [1.29, 1.82) is 0 Å². The number of ether oxygens (including phenoxy) is 1. The minimum absolute atomic E-state index is 0.0556. The topological polar surface area (TPSA) is 63.2 Å². The Kier molecular flexibility index (Phi) is 5.06. The Hall–Kier alpha value is -1.14. The summed E-state index contributed by atoms with van der Waals surface area (Å²) in [5, 5.41) is 8.37. The smallest absolute Gasteiger partial charge is 0.239 e. The zero-order valence-electron chi connectivity index (χ0n) is 8.87. The molecule has 2 N–H and O–H groups in total. The van der Waals surface area contributed by atoms with E-state index in [1.54, 1.807) is 7.11 Å². The van der Waals surface area contributed by atoms with E-state index >= 15 is 0 Å². The summed E-state index contributed by atoms with van der Waals surface area (Å²) in [6, 6.07) is 0. The molecule has 0 radical (unpaired) electrons. The van der Waals surface area contributed by atoms with Gasteiger partial charge in [0.2, 0.25) is 5.91 Å². The average Bonchev–Trinajstić information content (AvgIpc) is 2.62. The van der Waals surface area contributed by atoms with Gasteiger partial charge in [-0.15, -0.1) is 11.3 Å². The van der Waals surface area contributed by atoms with Crippen LogP contribution in [0.1, 0.15) is 5.69 Å². The lowest BCUT2D eigenvalue weighted by Gasteiger charge is -2.04. The Morgan fingerprint density at radius 1 is 1.67 bits per heavy atom. The van der Waals surface area contributed by atoms with E-state index in [0.717, 1.165) is 10.8 Å². The Bertz CT molecular complexity index is 314. The van der Waals surface area contributed by atoms with Crippen molar-refractivity contribution in [3.05, 3.63) is 11.1 Å². The second-order valence-electron chi connectivity index (χ2n) is 2.99. The number of nitrogens with zero attached hydrogens (tertiary/aromatic N) is 1. The minimum atomic E-state index is -0.0556. The van der Waals surface area contributed by atoms with Crippen LogP contribution < -0.4 is 10.6 Å². The van der Waals surface area contributed by atoms with E-state index in [9.17, 15) is 4.79 Å². The summed E-state index contributed by atoms with van der Waals surface area (Å²) in [4.78, 5) is 15.4. The predicted molar refractivity (Wildman–Crippen MR) is 60.2 cm³/mol. The van der Waals surface area contributed by atoms with Gasteiger partial charge in [-0.25, -0.2) is 4.98 Å². The van der Waals surface area contributed by atoms with E-state index in [2.05, 4.69) is 15.6 Å². The molecule has 0 spiro atoms. The van der Waals surface area contributed by atoms with Crippen molar-refractivity contribution >= 4 is 22.4 Å². The Morgan fingerprint density at radius 2 is 2.47 bits per heavy atom. The highest BCUT2D eigenvalue weighted by molar-refractivity contribution is 7.13. The lowest BCUT2D eigenvalue weighted by atomic mass is 10.5. The fraction of sp³-hybridized carbons (Fsp3) is 0.556. The van der Waals surface area contributed by atoms with Crippen molar-refractivity contribution in [1.82, 2.24) is 10.3 Å². The Morgan fingerprint density at radius 3 is 3.07 bits per heavy atom. The summed E-state index contributed by atoms with van der Waals surface area (Å²) in [6.45, 7) is 3.23. The first-order chi connectivity index (χ1) is 7.22. The van der Waals surface area contributed by atoms with Crippen LogP contribution in [0, 0.1) is 6.92 Å². The van der Waals surface area contributed by atoms with Gasteiger partial charge in [0.15, 0.2) is 5.13 Å². The predicted octanol–water partition coefficient (Wildman–Crippen LogP) is 0.626. The molecular weight excluding hydrogens is 214 g/mol. The molecule has 0 saturated carbocycles. The van der Waals surface area contributed by atoms with Crippen LogP contribution in [0.2, 0.25) is 0 Å². The van der Waals surface area contributed by atoms with Gasteiger partial charge >= 0.3 is 0 Å². The molecule has 0 aliphatic rings. The maximum absolute atomic E-state index is 11.2. The van der Waals surface area contributed by atoms with Crippen LogP contribution >= 0.6 is 11.3 Å². The number of anilines is 1. The molecule has 0 atom stereocenters. The van der Waals surface area contributed by atoms with Gasteiger partial charge in [0, 0.05) is 19.0 Å². The number of amides is 1. The average molecular weight is 229 g/mol. The van der Waals surface area contributed by atoms with E-state index in [-0.39, 0.29) is 12.5 Å². The van der Waals surface area contributed by atoms with Gasteiger partial charge in [0.1, 0.15) is 0 Å². The van der Waals surface area contributed by atoms with Gasteiger partial charge in [-0.05, 0) is 6.92 Å². The second-order valence-corrected chi connectivity index (χ2v) is 3.85. The molecule has 15 heavy (non-hydrogen) atoms. The molecule has 6 heteroatoms. The Balaban J connectivity index is 2.16. The number of aryl methyl sites for hydroxylation is 1. The Labute approximate surface area is 92.9 Å². The van der Waals surface area contributed by atoms with Crippen LogP contribution in [0.3, 0.4) is 0 Å². The maximum atomic E-state index is 11.2. The molecule has 0 aromatic carbocycles. The van der Waals surface area contributed by atoms with Crippen molar-refractivity contribution in [3.8, 4) is 0 Å². The molecule has 0 fully saturated rings. The number of rotatable bonds is 6. The highest BCUT2D eigenvalue weighted by atomic mass is 32.1. The summed E-state index contributed by atoms with van der Waals surface area (Å²) in [5.74, 6) is -0.0556. The molecule has 0 saturated heterocycles. The van der Waals surface area contributed by atoms with Crippen molar-refractivity contribution in [2.45, 2.75) is 6.92 Å². The first-order valence-corrected chi connectivity index (χ1v) is 5.52.